The van der Waals surface area contributed by atoms with E-state index in [0.717, 1.165) is 35.1 Å². The van der Waals surface area contributed by atoms with Crippen molar-refractivity contribution in [1.82, 2.24) is 10.2 Å². The third-order valence-corrected chi connectivity index (χ3v) is 9.14. The number of nitrogens with zero attached hydrogens (tertiary/aromatic N) is 1. The van der Waals surface area contributed by atoms with Crippen LogP contribution in [-0.4, -0.2) is 63.2 Å². The highest BCUT2D eigenvalue weighted by Gasteiger charge is 2.38. The molecule has 1 N–H and O–H groups in total. The van der Waals surface area contributed by atoms with Crippen molar-refractivity contribution in [2.45, 2.75) is 44.8 Å². The monoisotopic (exact) mass is 692 g/mol. The molecule has 1 aliphatic heterocycles. The van der Waals surface area contributed by atoms with Gasteiger partial charge >= 0.3 is 0 Å². The van der Waals surface area contributed by atoms with Gasteiger partial charge in [0, 0.05) is 25.3 Å². The summed E-state index contributed by atoms with van der Waals surface area (Å²) in [4.78, 5) is 16.4. The summed E-state index contributed by atoms with van der Waals surface area (Å²) in [5, 5.41) is 5.36. The fourth-order valence-corrected chi connectivity index (χ4v) is 6.51. The van der Waals surface area contributed by atoms with Crippen LogP contribution in [0.4, 0.5) is 0 Å². The van der Waals surface area contributed by atoms with E-state index in [0.29, 0.717) is 69.9 Å². The number of carbonyl (C=O) groups is 1. The Kier molecular flexibility index (Phi) is 11.9. The first-order valence-corrected chi connectivity index (χ1v) is 16.4. The van der Waals surface area contributed by atoms with Crippen LogP contribution in [0.25, 0.3) is 5.57 Å². The molecule has 2 aliphatic rings. The summed E-state index contributed by atoms with van der Waals surface area (Å²) in [6, 6.07) is 16.8. The van der Waals surface area contributed by atoms with Crippen molar-refractivity contribution in [3.05, 3.63) is 97.0 Å². The second kappa shape index (κ2) is 15.9. The normalized spacial score (nSPS) is 16.5. The van der Waals surface area contributed by atoms with Gasteiger partial charge in [-0.1, -0.05) is 70.7 Å². The molecule has 45 heavy (non-hydrogen) atoms. The Bertz CT molecular complexity index is 1500. The van der Waals surface area contributed by atoms with Crippen molar-refractivity contribution < 1.29 is 23.7 Å². The number of aryl methyl sites for hydroxylation is 1. The molecule has 0 saturated heterocycles. The predicted molar refractivity (Wildman–Crippen MR) is 180 cm³/mol. The van der Waals surface area contributed by atoms with Crippen LogP contribution >= 0.6 is 46.4 Å². The number of carbonyl (C=O) groups excluding carboxylic acids is 1. The largest absolute Gasteiger partial charge is 0.490 e. The van der Waals surface area contributed by atoms with Crippen molar-refractivity contribution in [1.29, 1.82) is 0 Å². The molecule has 240 valence electrons. The van der Waals surface area contributed by atoms with Crippen molar-refractivity contribution in [2.24, 2.45) is 0 Å². The van der Waals surface area contributed by atoms with E-state index in [1.807, 2.05) is 48.2 Å². The van der Waals surface area contributed by atoms with Crippen LogP contribution in [0.15, 0.2) is 60.2 Å². The summed E-state index contributed by atoms with van der Waals surface area (Å²) in [5.41, 5.74) is 4.40. The number of halogens is 4. The van der Waals surface area contributed by atoms with Gasteiger partial charge in [-0.05, 0) is 85.3 Å². The molecule has 3 aromatic carbocycles. The highest BCUT2D eigenvalue weighted by Crippen LogP contribution is 2.37. The summed E-state index contributed by atoms with van der Waals surface area (Å²) in [6.07, 6.45) is 2.58. The lowest BCUT2D eigenvalue weighted by Gasteiger charge is -2.33. The standard InChI is InChI=1S/C34H36Cl4N2O5/c1-21-16-28(36)33(29(37)17-21)45-15-14-44-25-10-6-22(7-11-25)26-12-13-39-30(19-43-20-42-2)31(26)34(41)40(24-8-9-24)18-23-4-3-5-27(35)32(23)38/h3-7,10-11,16-17,24,30,39H,8-9,12-15,18-20H2,1-2H3. The van der Waals surface area contributed by atoms with Gasteiger partial charge in [-0.2, -0.15) is 0 Å². The number of amides is 1. The van der Waals surface area contributed by atoms with E-state index in [9.17, 15) is 4.79 Å². The smallest absolute Gasteiger partial charge is 0.252 e. The fourth-order valence-electron chi connectivity index (χ4n) is 5.43. The van der Waals surface area contributed by atoms with E-state index in [4.69, 9.17) is 65.4 Å². The third kappa shape index (κ3) is 8.66. The number of hydrogen-bond acceptors (Lipinski definition) is 6. The van der Waals surface area contributed by atoms with E-state index < -0.39 is 0 Å². The minimum absolute atomic E-state index is 0.0346. The molecule has 0 radical (unpaired) electrons. The molecular weight excluding hydrogens is 658 g/mol. The lowest BCUT2D eigenvalue weighted by atomic mass is 9.88. The maximum Gasteiger partial charge on any atom is 0.252 e. The maximum absolute atomic E-state index is 14.4. The number of hydrogen-bond donors (Lipinski definition) is 1. The average molecular weight is 694 g/mol. The van der Waals surface area contributed by atoms with Gasteiger partial charge in [-0.3, -0.25) is 4.79 Å². The molecule has 0 bridgehead atoms. The van der Waals surface area contributed by atoms with Crippen molar-refractivity contribution >= 4 is 57.9 Å². The molecule has 1 heterocycles. The third-order valence-electron chi connectivity index (χ3n) is 7.72. The zero-order chi connectivity index (χ0) is 31.9. The van der Waals surface area contributed by atoms with Crippen LogP contribution in [0, 0.1) is 6.92 Å². The molecule has 1 amide bonds. The molecule has 11 heteroatoms. The van der Waals surface area contributed by atoms with Crippen LogP contribution in [0.2, 0.25) is 20.1 Å². The Labute approximate surface area is 284 Å². The first-order chi connectivity index (χ1) is 21.8. The molecule has 0 spiro atoms. The second-order valence-electron chi connectivity index (χ2n) is 11.1. The molecule has 1 unspecified atom stereocenters. The summed E-state index contributed by atoms with van der Waals surface area (Å²) < 4.78 is 22.6. The minimum atomic E-state index is -0.305. The molecule has 1 atom stereocenters. The van der Waals surface area contributed by atoms with E-state index >= 15 is 0 Å². The van der Waals surface area contributed by atoms with Gasteiger partial charge in [0.1, 0.15) is 25.8 Å². The van der Waals surface area contributed by atoms with Crippen LogP contribution < -0.4 is 14.8 Å². The highest BCUT2D eigenvalue weighted by molar-refractivity contribution is 6.42. The van der Waals surface area contributed by atoms with Crippen LogP contribution in [0.5, 0.6) is 11.5 Å². The first kappa shape index (κ1) is 33.9. The van der Waals surface area contributed by atoms with E-state index in [1.54, 1.807) is 25.3 Å². The quantitative estimate of drug-likeness (QED) is 0.136. The zero-order valence-electron chi connectivity index (χ0n) is 25.2. The number of rotatable bonds is 14. The minimum Gasteiger partial charge on any atom is -0.490 e. The predicted octanol–water partition coefficient (Wildman–Crippen LogP) is 7.99. The topological polar surface area (TPSA) is 69.3 Å². The van der Waals surface area contributed by atoms with Crippen LogP contribution in [0.1, 0.15) is 36.0 Å². The average Bonchev–Trinajstić information content (AvgIpc) is 3.86. The van der Waals surface area contributed by atoms with Gasteiger partial charge in [0.05, 0.1) is 32.7 Å². The van der Waals surface area contributed by atoms with Gasteiger partial charge in [0.15, 0.2) is 5.75 Å². The Morgan fingerprint density at radius 3 is 2.36 bits per heavy atom. The first-order valence-electron chi connectivity index (χ1n) is 14.9. The molecule has 1 saturated carbocycles. The molecule has 3 aromatic rings. The van der Waals surface area contributed by atoms with Crippen molar-refractivity contribution in [3.63, 3.8) is 0 Å². The maximum atomic E-state index is 14.4. The second-order valence-corrected chi connectivity index (χ2v) is 12.7. The lowest BCUT2D eigenvalue weighted by molar-refractivity contribution is -0.129. The van der Waals surface area contributed by atoms with Crippen molar-refractivity contribution in [2.75, 3.05) is 40.3 Å². The summed E-state index contributed by atoms with van der Waals surface area (Å²) >= 11 is 25.4. The molecule has 5 rings (SSSR count). The Balaban J connectivity index is 1.34. The number of benzene rings is 3. The van der Waals surface area contributed by atoms with E-state index in [-0.39, 0.29) is 31.4 Å². The molecule has 7 nitrogen and oxygen atoms in total. The van der Waals surface area contributed by atoms with Gasteiger partial charge in [0.2, 0.25) is 0 Å². The van der Waals surface area contributed by atoms with Gasteiger partial charge in [0.25, 0.3) is 5.91 Å². The Morgan fingerprint density at radius 2 is 1.67 bits per heavy atom. The van der Waals surface area contributed by atoms with E-state index in [2.05, 4.69) is 5.32 Å². The molecular formula is C34H36Cl4N2O5. The summed E-state index contributed by atoms with van der Waals surface area (Å²) in [5.74, 6) is 1.09. The van der Waals surface area contributed by atoms with Crippen LogP contribution in [0.3, 0.4) is 0 Å². The van der Waals surface area contributed by atoms with Gasteiger partial charge in [-0.25, -0.2) is 0 Å². The highest BCUT2D eigenvalue weighted by atomic mass is 35.5. The van der Waals surface area contributed by atoms with Crippen molar-refractivity contribution in [3.8, 4) is 11.5 Å². The number of ether oxygens (including phenoxy) is 4. The molecule has 1 aliphatic carbocycles. The number of methoxy groups -OCH3 is 1. The zero-order valence-corrected chi connectivity index (χ0v) is 28.2. The summed E-state index contributed by atoms with van der Waals surface area (Å²) in [6.45, 7) is 4.01. The SMILES string of the molecule is COCOCC1NCCC(c2ccc(OCCOc3c(Cl)cc(C)cc3Cl)cc2)=C1C(=O)N(Cc1cccc(Cl)c1Cl)C1CC1. The van der Waals surface area contributed by atoms with Gasteiger partial charge < -0.3 is 29.2 Å². The van der Waals surface area contributed by atoms with E-state index in [1.165, 1.54) is 0 Å². The summed E-state index contributed by atoms with van der Waals surface area (Å²) in [7, 11) is 1.58. The fraction of sp³-hybridized carbons (Fsp3) is 0.382. The molecule has 1 fully saturated rings. The molecule has 0 aromatic heterocycles. The Hall–Kier alpha value is -2.49. The Morgan fingerprint density at radius 1 is 0.956 bits per heavy atom. The van der Waals surface area contributed by atoms with Gasteiger partial charge in [-0.15, -0.1) is 0 Å². The lowest BCUT2D eigenvalue weighted by Crippen LogP contribution is -2.47. The van der Waals surface area contributed by atoms with Crippen LogP contribution in [-0.2, 0) is 20.8 Å². The number of nitrogens with one attached hydrogen (secondary N) is 1.